The maximum Gasteiger partial charge on any atom is 0.224 e. The first-order valence-corrected chi connectivity index (χ1v) is 8.50. The van der Waals surface area contributed by atoms with Gasteiger partial charge in [-0.05, 0) is 28.7 Å². The summed E-state index contributed by atoms with van der Waals surface area (Å²) >= 11 is 0. The molecule has 0 aliphatic heterocycles. The van der Waals surface area contributed by atoms with Crippen LogP contribution in [-0.4, -0.2) is 9.97 Å². The molecule has 128 valence electrons. The monoisotopic (exact) mass is 332 g/mol. The summed E-state index contributed by atoms with van der Waals surface area (Å²) in [5.41, 5.74) is 3.59. The first-order valence-electron chi connectivity index (χ1n) is 8.50. The number of nitrogens with zero attached hydrogens (tertiary/aromatic N) is 2. The van der Waals surface area contributed by atoms with Gasteiger partial charge in [-0.3, -0.25) is 0 Å². The third-order valence-corrected chi connectivity index (χ3v) is 3.95. The average Bonchev–Trinajstić information content (AvgIpc) is 2.61. The molecule has 25 heavy (non-hydrogen) atoms. The van der Waals surface area contributed by atoms with E-state index < -0.39 is 0 Å². The van der Waals surface area contributed by atoms with Gasteiger partial charge in [0.1, 0.15) is 5.82 Å². The van der Waals surface area contributed by atoms with Gasteiger partial charge in [0, 0.05) is 18.4 Å². The van der Waals surface area contributed by atoms with Gasteiger partial charge in [0.15, 0.2) is 0 Å². The second kappa shape index (κ2) is 7.34. The van der Waals surface area contributed by atoms with Gasteiger partial charge in [0.2, 0.25) is 5.95 Å². The Labute approximate surface area is 149 Å². The Morgan fingerprint density at radius 3 is 2.36 bits per heavy atom. The highest BCUT2D eigenvalue weighted by Gasteiger charge is 2.17. The molecule has 0 unspecified atom stereocenters. The summed E-state index contributed by atoms with van der Waals surface area (Å²) in [7, 11) is 0. The van der Waals surface area contributed by atoms with Gasteiger partial charge >= 0.3 is 0 Å². The van der Waals surface area contributed by atoms with Crippen molar-refractivity contribution in [1.82, 2.24) is 9.97 Å². The summed E-state index contributed by atoms with van der Waals surface area (Å²) in [6.45, 7) is 7.32. The third kappa shape index (κ3) is 4.57. The minimum absolute atomic E-state index is 0.0605. The molecule has 3 rings (SSSR count). The van der Waals surface area contributed by atoms with E-state index in [1.165, 1.54) is 11.1 Å². The van der Waals surface area contributed by atoms with Gasteiger partial charge in [-0.2, -0.15) is 4.98 Å². The van der Waals surface area contributed by atoms with Crippen molar-refractivity contribution in [3.63, 3.8) is 0 Å². The Hall–Kier alpha value is -2.88. The largest absolute Gasteiger partial charge is 0.350 e. The first kappa shape index (κ1) is 17.0. The van der Waals surface area contributed by atoms with Crippen LogP contribution in [0.15, 0.2) is 66.9 Å². The molecule has 0 radical (unpaired) electrons. The maximum absolute atomic E-state index is 4.57. The highest BCUT2D eigenvalue weighted by molar-refractivity contribution is 5.62. The van der Waals surface area contributed by atoms with Crippen LogP contribution < -0.4 is 10.6 Å². The summed E-state index contributed by atoms with van der Waals surface area (Å²) in [6, 6.07) is 20.4. The van der Waals surface area contributed by atoms with Gasteiger partial charge in [-0.25, -0.2) is 4.98 Å². The number of nitrogens with one attached hydrogen (secondary N) is 2. The lowest BCUT2D eigenvalue weighted by molar-refractivity contribution is 0.592. The topological polar surface area (TPSA) is 49.8 Å². The van der Waals surface area contributed by atoms with E-state index in [2.05, 4.69) is 71.7 Å². The SMILES string of the molecule is CC(C)(C)c1ccccc1Nc1ccnc(NCc2ccccc2)n1. The van der Waals surface area contributed by atoms with Crippen LogP contribution in [0.1, 0.15) is 31.9 Å². The molecular formula is C21H24N4. The zero-order valence-electron chi connectivity index (χ0n) is 15.0. The molecule has 1 heterocycles. The summed E-state index contributed by atoms with van der Waals surface area (Å²) < 4.78 is 0. The number of anilines is 3. The fraction of sp³-hybridized carbons (Fsp3) is 0.238. The lowest BCUT2D eigenvalue weighted by Gasteiger charge is -2.23. The highest BCUT2D eigenvalue weighted by Crippen LogP contribution is 2.30. The van der Waals surface area contributed by atoms with Gasteiger partial charge in [-0.15, -0.1) is 0 Å². The Kier molecular flexibility index (Phi) is 4.98. The average molecular weight is 332 g/mol. The van der Waals surface area contributed by atoms with Crippen molar-refractivity contribution in [3.8, 4) is 0 Å². The highest BCUT2D eigenvalue weighted by atomic mass is 15.1. The molecule has 4 nitrogen and oxygen atoms in total. The fourth-order valence-corrected chi connectivity index (χ4v) is 2.67. The van der Waals surface area contributed by atoms with Gasteiger partial charge in [-0.1, -0.05) is 69.3 Å². The molecule has 2 N–H and O–H groups in total. The predicted octanol–water partition coefficient (Wildman–Crippen LogP) is 5.13. The quantitative estimate of drug-likeness (QED) is 0.680. The molecule has 0 spiro atoms. The Morgan fingerprint density at radius 1 is 0.880 bits per heavy atom. The number of para-hydroxylation sites is 1. The van der Waals surface area contributed by atoms with Crippen molar-refractivity contribution in [1.29, 1.82) is 0 Å². The van der Waals surface area contributed by atoms with E-state index in [9.17, 15) is 0 Å². The van der Waals surface area contributed by atoms with Crippen LogP contribution >= 0.6 is 0 Å². The van der Waals surface area contributed by atoms with Crippen LogP contribution in [0.2, 0.25) is 0 Å². The van der Waals surface area contributed by atoms with E-state index >= 15 is 0 Å². The Balaban J connectivity index is 1.74. The molecule has 0 fully saturated rings. The van der Waals surface area contributed by atoms with Crippen LogP contribution in [0.5, 0.6) is 0 Å². The molecule has 2 aromatic carbocycles. The maximum atomic E-state index is 4.57. The second-order valence-corrected chi connectivity index (χ2v) is 7.03. The van der Waals surface area contributed by atoms with E-state index in [4.69, 9.17) is 0 Å². The van der Waals surface area contributed by atoms with Crippen LogP contribution in [0.3, 0.4) is 0 Å². The Bertz CT molecular complexity index is 823. The molecule has 0 atom stereocenters. The summed E-state index contributed by atoms with van der Waals surface area (Å²) in [6.07, 6.45) is 1.77. The van der Waals surface area contributed by atoms with E-state index in [-0.39, 0.29) is 5.41 Å². The minimum Gasteiger partial charge on any atom is -0.350 e. The van der Waals surface area contributed by atoms with E-state index in [1.54, 1.807) is 6.20 Å². The van der Waals surface area contributed by atoms with Crippen LogP contribution in [0, 0.1) is 0 Å². The van der Waals surface area contributed by atoms with Gasteiger partial charge < -0.3 is 10.6 Å². The molecule has 3 aromatic rings. The van der Waals surface area contributed by atoms with Gasteiger partial charge in [0.25, 0.3) is 0 Å². The minimum atomic E-state index is 0.0605. The molecule has 1 aromatic heterocycles. The van der Waals surface area contributed by atoms with Crippen molar-refractivity contribution in [2.75, 3.05) is 10.6 Å². The molecule has 0 amide bonds. The fourth-order valence-electron chi connectivity index (χ4n) is 2.67. The predicted molar refractivity (Wildman–Crippen MR) is 104 cm³/mol. The molecular weight excluding hydrogens is 308 g/mol. The smallest absolute Gasteiger partial charge is 0.224 e. The summed E-state index contributed by atoms with van der Waals surface area (Å²) in [5, 5.41) is 6.70. The van der Waals surface area contributed by atoms with Crippen molar-refractivity contribution < 1.29 is 0 Å². The standard InChI is InChI=1S/C21H24N4/c1-21(2,3)17-11-7-8-12-18(17)24-19-13-14-22-20(25-19)23-15-16-9-5-4-6-10-16/h4-14H,15H2,1-3H3,(H2,22,23,24,25). The zero-order chi connectivity index (χ0) is 17.7. The molecule has 0 saturated carbocycles. The summed E-state index contributed by atoms with van der Waals surface area (Å²) in [5.74, 6) is 1.39. The first-order chi connectivity index (χ1) is 12.0. The van der Waals surface area contributed by atoms with Crippen molar-refractivity contribution in [2.24, 2.45) is 0 Å². The van der Waals surface area contributed by atoms with Crippen molar-refractivity contribution in [3.05, 3.63) is 78.0 Å². The van der Waals surface area contributed by atoms with Crippen LogP contribution in [0.25, 0.3) is 0 Å². The van der Waals surface area contributed by atoms with Crippen LogP contribution in [0.4, 0.5) is 17.5 Å². The number of benzene rings is 2. The molecule has 0 saturated heterocycles. The molecule has 4 heteroatoms. The number of rotatable bonds is 5. The number of hydrogen-bond donors (Lipinski definition) is 2. The normalized spacial score (nSPS) is 11.2. The molecule has 0 aliphatic carbocycles. The Morgan fingerprint density at radius 2 is 1.60 bits per heavy atom. The lowest BCUT2D eigenvalue weighted by atomic mass is 9.86. The van der Waals surface area contributed by atoms with E-state index in [0.29, 0.717) is 12.5 Å². The van der Waals surface area contributed by atoms with Crippen LogP contribution in [-0.2, 0) is 12.0 Å². The number of hydrogen-bond acceptors (Lipinski definition) is 4. The van der Waals surface area contributed by atoms with E-state index in [1.807, 2.05) is 30.3 Å². The molecule has 0 bridgehead atoms. The van der Waals surface area contributed by atoms with E-state index in [0.717, 1.165) is 11.5 Å². The second-order valence-electron chi connectivity index (χ2n) is 7.03. The lowest BCUT2D eigenvalue weighted by Crippen LogP contribution is -2.14. The van der Waals surface area contributed by atoms with Crippen molar-refractivity contribution in [2.45, 2.75) is 32.7 Å². The third-order valence-electron chi connectivity index (χ3n) is 3.95. The summed E-state index contributed by atoms with van der Waals surface area (Å²) in [4.78, 5) is 8.88. The van der Waals surface area contributed by atoms with Gasteiger partial charge in [0.05, 0.1) is 0 Å². The van der Waals surface area contributed by atoms with Crippen molar-refractivity contribution >= 4 is 17.5 Å². The molecule has 0 aliphatic rings. The zero-order valence-corrected chi connectivity index (χ0v) is 15.0. The number of aromatic nitrogens is 2.